The van der Waals surface area contributed by atoms with E-state index in [4.69, 9.17) is 0 Å². The van der Waals surface area contributed by atoms with Crippen molar-refractivity contribution in [3.63, 3.8) is 0 Å². The van der Waals surface area contributed by atoms with Gasteiger partial charge in [-0.25, -0.2) is 0 Å². The molecule has 3 rings (SSSR count). The predicted molar refractivity (Wildman–Crippen MR) is 119 cm³/mol. The molecule has 0 unspecified atom stereocenters. The van der Waals surface area contributed by atoms with Crippen molar-refractivity contribution in [1.82, 2.24) is 5.32 Å². The van der Waals surface area contributed by atoms with Crippen LogP contribution in [0.2, 0.25) is 0 Å². The van der Waals surface area contributed by atoms with Crippen molar-refractivity contribution in [2.75, 3.05) is 11.9 Å². The molecule has 0 aliphatic carbocycles. The second-order valence-electron chi connectivity index (χ2n) is 6.74. The van der Waals surface area contributed by atoms with Gasteiger partial charge in [0.25, 0.3) is 11.6 Å². The summed E-state index contributed by atoms with van der Waals surface area (Å²) in [6, 6.07) is 25.0. The van der Waals surface area contributed by atoms with E-state index in [0.29, 0.717) is 11.3 Å². The summed E-state index contributed by atoms with van der Waals surface area (Å²) >= 11 is 0. The van der Waals surface area contributed by atoms with Crippen LogP contribution in [0.3, 0.4) is 0 Å². The first kappa shape index (κ1) is 21.3. The third kappa shape index (κ3) is 5.34. The van der Waals surface area contributed by atoms with Gasteiger partial charge in [0, 0.05) is 25.3 Å². The molecule has 3 aromatic rings. The third-order valence-corrected chi connectivity index (χ3v) is 4.67. The van der Waals surface area contributed by atoms with Crippen LogP contribution >= 0.6 is 0 Å². The number of hydrogen-bond donors (Lipinski definition) is 1. The van der Waals surface area contributed by atoms with Gasteiger partial charge >= 0.3 is 0 Å². The molecule has 3 aromatic carbocycles. The van der Waals surface area contributed by atoms with Gasteiger partial charge in [0.1, 0.15) is 17.3 Å². The first-order valence-electron chi connectivity index (χ1n) is 9.50. The summed E-state index contributed by atoms with van der Waals surface area (Å²) in [5.41, 5.74) is 2.24. The molecule has 1 amide bonds. The number of nitrogens with one attached hydrogen (secondary N) is 1. The molecule has 0 atom stereocenters. The lowest BCUT2D eigenvalue weighted by Crippen LogP contribution is -2.23. The number of amides is 1. The topological polar surface area (TPSA) is 99.3 Å². The van der Waals surface area contributed by atoms with Crippen LogP contribution < -0.4 is 10.2 Å². The van der Waals surface area contributed by atoms with E-state index in [2.05, 4.69) is 5.32 Å². The van der Waals surface area contributed by atoms with E-state index in [1.807, 2.05) is 66.7 Å². The molecular weight excluding hydrogens is 392 g/mol. The summed E-state index contributed by atoms with van der Waals surface area (Å²) in [7, 11) is 1.74. The van der Waals surface area contributed by atoms with Gasteiger partial charge in [-0.3, -0.25) is 14.9 Å². The number of carbonyl (C=O) groups excluding carboxylic acids is 1. The fraction of sp³-hybridized carbons (Fsp3) is 0.0833. The molecule has 31 heavy (non-hydrogen) atoms. The monoisotopic (exact) mass is 412 g/mol. The van der Waals surface area contributed by atoms with Crippen molar-refractivity contribution in [3.05, 3.63) is 106 Å². The van der Waals surface area contributed by atoms with Crippen molar-refractivity contribution in [2.24, 2.45) is 0 Å². The van der Waals surface area contributed by atoms with E-state index < -0.39 is 10.8 Å². The predicted octanol–water partition coefficient (Wildman–Crippen LogP) is 4.59. The third-order valence-electron chi connectivity index (χ3n) is 4.67. The van der Waals surface area contributed by atoms with E-state index in [1.54, 1.807) is 24.1 Å². The maximum atomic E-state index is 12.4. The minimum absolute atomic E-state index is 0.123. The molecule has 0 spiro atoms. The van der Waals surface area contributed by atoms with Crippen molar-refractivity contribution in [1.29, 1.82) is 5.26 Å². The minimum Gasteiger partial charge on any atom is -0.347 e. The van der Waals surface area contributed by atoms with E-state index in [1.165, 1.54) is 12.1 Å². The first-order chi connectivity index (χ1) is 15.0. The van der Waals surface area contributed by atoms with Crippen molar-refractivity contribution in [2.45, 2.75) is 6.54 Å². The first-order valence-corrected chi connectivity index (χ1v) is 9.50. The SMILES string of the molecule is CN(c1ccccc1)c1ccc(/C=C(\C#N)C(=O)NCc2ccccc2)cc1[N+](=O)[O-]. The molecule has 7 nitrogen and oxygen atoms in total. The zero-order valence-electron chi connectivity index (χ0n) is 16.9. The fourth-order valence-corrected chi connectivity index (χ4v) is 3.04. The number of rotatable bonds is 7. The normalized spacial score (nSPS) is 10.8. The summed E-state index contributed by atoms with van der Waals surface area (Å²) in [6.07, 6.45) is 1.35. The number of benzene rings is 3. The number of nitriles is 1. The molecule has 0 saturated carbocycles. The number of anilines is 2. The van der Waals surface area contributed by atoms with Crippen LogP contribution in [0.15, 0.2) is 84.4 Å². The van der Waals surface area contributed by atoms with Crippen LogP contribution in [0.5, 0.6) is 0 Å². The molecule has 154 valence electrons. The van der Waals surface area contributed by atoms with E-state index in [9.17, 15) is 20.2 Å². The van der Waals surface area contributed by atoms with Crippen LogP contribution in [0.25, 0.3) is 6.08 Å². The average Bonchev–Trinajstić information content (AvgIpc) is 2.81. The molecule has 0 fully saturated rings. The van der Waals surface area contributed by atoms with E-state index >= 15 is 0 Å². The Labute approximate surface area is 180 Å². The van der Waals surface area contributed by atoms with Gasteiger partial charge in [-0.1, -0.05) is 54.6 Å². The smallest absolute Gasteiger partial charge is 0.293 e. The maximum Gasteiger partial charge on any atom is 0.293 e. The van der Waals surface area contributed by atoms with Crippen LogP contribution in [0.4, 0.5) is 17.1 Å². The number of nitrogens with zero attached hydrogens (tertiary/aromatic N) is 3. The molecule has 0 aromatic heterocycles. The Balaban J connectivity index is 1.85. The lowest BCUT2D eigenvalue weighted by Gasteiger charge is -2.19. The molecule has 0 saturated heterocycles. The van der Waals surface area contributed by atoms with Gasteiger partial charge in [-0.05, 0) is 35.4 Å². The van der Waals surface area contributed by atoms with Crippen LogP contribution in [0, 0.1) is 21.4 Å². The maximum absolute atomic E-state index is 12.4. The van der Waals surface area contributed by atoms with Gasteiger partial charge < -0.3 is 10.2 Å². The van der Waals surface area contributed by atoms with Crippen LogP contribution in [-0.2, 0) is 11.3 Å². The van der Waals surface area contributed by atoms with Gasteiger partial charge in [0.15, 0.2) is 0 Å². The highest BCUT2D eigenvalue weighted by molar-refractivity contribution is 6.01. The van der Waals surface area contributed by atoms with Crippen molar-refractivity contribution >= 4 is 29.0 Å². The van der Waals surface area contributed by atoms with Gasteiger partial charge in [0.2, 0.25) is 0 Å². The van der Waals surface area contributed by atoms with Gasteiger partial charge in [-0.2, -0.15) is 5.26 Å². The number of para-hydroxylation sites is 1. The quantitative estimate of drug-likeness (QED) is 0.265. The molecule has 1 N–H and O–H groups in total. The lowest BCUT2D eigenvalue weighted by atomic mass is 10.1. The van der Waals surface area contributed by atoms with Crippen molar-refractivity contribution in [3.8, 4) is 6.07 Å². The van der Waals surface area contributed by atoms with Crippen molar-refractivity contribution < 1.29 is 9.72 Å². The summed E-state index contributed by atoms with van der Waals surface area (Å²) in [5.74, 6) is -0.542. The minimum atomic E-state index is -0.542. The van der Waals surface area contributed by atoms with Crippen LogP contribution in [0.1, 0.15) is 11.1 Å². The zero-order valence-corrected chi connectivity index (χ0v) is 16.9. The Morgan fingerprint density at radius 2 is 1.74 bits per heavy atom. The molecule has 0 bridgehead atoms. The Bertz CT molecular complexity index is 1150. The zero-order chi connectivity index (χ0) is 22.2. The molecule has 0 aliphatic rings. The largest absolute Gasteiger partial charge is 0.347 e. The highest BCUT2D eigenvalue weighted by Gasteiger charge is 2.19. The second-order valence-corrected chi connectivity index (χ2v) is 6.74. The lowest BCUT2D eigenvalue weighted by molar-refractivity contribution is -0.384. The van der Waals surface area contributed by atoms with Crippen LogP contribution in [-0.4, -0.2) is 17.9 Å². The highest BCUT2D eigenvalue weighted by Crippen LogP contribution is 2.33. The Kier molecular flexibility index (Phi) is 6.76. The van der Waals surface area contributed by atoms with Gasteiger partial charge in [-0.15, -0.1) is 0 Å². The van der Waals surface area contributed by atoms with E-state index in [0.717, 1.165) is 11.3 Å². The average molecular weight is 412 g/mol. The number of carbonyl (C=O) groups is 1. The Morgan fingerprint density at radius 1 is 1.10 bits per heavy atom. The number of nitro benzene ring substituents is 1. The number of hydrogen-bond acceptors (Lipinski definition) is 5. The standard InChI is InChI=1S/C24H20N4O3/c1-27(21-10-6-3-7-11-21)22-13-12-19(15-23(22)28(30)31)14-20(16-25)24(29)26-17-18-8-4-2-5-9-18/h2-15H,17H2,1H3,(H,26,29)/b20-14+. The number of nitro groups is 1. The molecular formula is C24H20N4O3. The summed E-state index contributed by atoms with van der Waals surface area (Å²) in [5, 5.41) is 23.8. The highest BCUT2D eigenvalue weighted by atomic mass is 16.6. The summed E-state index contributed by atoms with van der Waals surface area (Å²) < 4.78 is 0. The van der Waals surface area contributed by atoms with Gasteiger partial charge in [0.05, 0.1) is 4.92 Å². The fourth-order valence-electron chi connectivity index (χ4n) is 3.04. The Hall–Kier alpha value is -4.44. The molecule has 0 radical (unpaired) electrons. The molecule has 7 heteroatoms. The molecule has 0 aliphatic heterocycles. The molecule has 0 heterocycles. The summed E-state index contributed by atoms with van der Waals surface area (Å²) in [6.45, 7) is 0.277. The summed E-state index contributed by atoms with van der Waals surface area (Å²) in [4.78, 5) is 25.3. The Morgan fingerprint density at radius 3 is 2.35 bits per heavy atom. The second kappa shape index (κ2) is 9.85. The van der Waals surface area contributed by atoms with E-state index in [-0.39, 0.29) is 17.8 Å².